The third-order valence-electron chi connectivity index (χ3n) is 4.83. The Kier molecular flexibility index (Phi) is 3.92. The molecule has 0 amide bonds. The SMILES string of the molecule is Cc1cc(C)n(CCCN2C3CCCC2CC(=O)C3)n1. The Labute approximate surface area is 121 Å². The van der Waals surface area contributed by atoms with Gasteiger partial charge in [-0.3, -0.25) is 14.4 Å². The number of ketones is 1. The van der Waals surface area contributed by atoms with Crippen molar-refractivity contribution in [3.63, 3.8) is 0 Å². The van der Waals surface area contributed by atoms with Crippen molar-refractivity contribution < 1.29 is 4.79 Å². The van der Waals surface area contributed by atoms with Gasteiger partial charge in [0.25, 0.3) is 0 Å². The maximum Gasteiger partial charge on any atom is 0.136 e. The summed E-state index contributed by atoms with van der Waals surface area (Å²) in [5.41, 5.74) is 2.35. The number of aromatic nitrogens is 2. The zero-order chi connectivity index (χ0) is 14.1. The average molecular weight is 275 g/mol. The molecule has 2 unspecified atom stereocenters. The summed E-state index contributed by atoms with van der Waals surface area (Å²) in [6.07, 6.45) is 6.43. The number of carbonyl (C=O) groups excluding carboxylic acids is 1. The lowest BCUT2D eigenvalue weighted by molar-refractivity contribution is -0.127. The summed E-state index contributed by atoms with van der Waals surface area (Å²) in [7, 11) is 0. The quantitative estimate of drug-likeness (QED) is 0.847. The van der Waals surface area contributed by atoms with E-state index in [1.165, 1.54) is 25.0 Å². The highest BCUT2D eigenvalue weighted by Gasteiger charge is 2.36. The summed E-state index contributed by atoms with van der Waals surface area (Å²) in [6, 6.07) is 3.18. The Bertz CT molecular complexity index is 478. The van der Waals surface area contributed by atoms with Crippen LogP contribution in [0.5, 0.6) is 0 Å². The van der Waals surface area contributed by atoms with Gasteiger partial charge in [-0.25, -0.2) is 0 Å². The highest BCUT2D eigenvalue weighted by atomic mass is 16.1. The number of fused-ring (bicyclic) bond motifs is 2. The van der Waals surface area contributed by atoms with Crippen LogP contribution in [0, 0.1) is 13.8 Å². The Hall–Kier alpha value is -1.16. The van der Waals surface area contributed by atoms with Gasteiger partial charge in [-0.15, -0.1) is 0 Å². The monoisotopic (exact) mass is 275 g/mol. The van der Waals surface area contributed by atoms with Gasteiger partial charge in [0.05, 0.1) is 5.69 Å². The molecular formula is C16H25N3O. The minimum absolute atomic E-state index is 0.481. The summed E-state index contributed by atoms with van der Waals surface area (Å²) in [5, 5.41) is 4.52. The van der Waals surface area contributed by atoms with Crippen LogP contribution < -0.4 is 0 Å². The van der Waals surface area contributed by atoms with E-state index in [1.54, 1.807) is 0 Å². The Morgan fingerprint density at radius 2 is 1.90 bits per heavy atom. The van der Waals surface area contributed by atoms with Crippen LogP contribution in [0.1, 0.15) is 49.9 Å². The van der Waals surface area contributed by atoms with Crippen LogP contribution in [0.15, 0.2) is 6.07 Å². The first-order chi connectivity index (χ1) is 9.63. The molecule has 1 aromatic rings. The zero-order valence-corrected chi connectivity index (χ0v) is 12.6. The smallest absolute Gasteiger partial charge is 0.136 e. The van der Waals surface area contributed by atoms with Crippen molar-refractivity contribution in [3.05, 3.63) is 17.5 Å². The van der Waals surface area contributed by atoms with E-state index in [2.05, 4.69) is 27.7 Å². The topological polar surface area (TPSA) is 38.1 Å². The molecule has 0 aromatic carbocycles. The molecule has 2 bridgehead atoms. The summed E-state index contributed by atoms with van der Waals surface area (Å²) < 4.78 is 2.11. The minimum Gasteiger partial charge on any atom is -0.300 e. The Morgan fingerprint density at radius 1 is 1.20 bits per heavy atom. The maximum atomic E-state index is 11.7. The molecule has 2 saturated heterocycles. The van der Waals surface area contributed by atoms with Crippen LogP contribution in [-0.4, -0.2) is 39.1 Å². The number of carbonyl (C=O) groups is 1. The van der Waals surface area contributed by atoms with Gasteiger partial charge in [-0.1, -0.05) is 6.42 Å². The fraction of sp³-hybridized carbons (Fsp3) is 0.750. The summed E-state index contributed by atoms with van der Waals surface area (Å²) >= 11 is 0. The van der Waals surface area contributed by atoms with Crippen molar-refractivity contribution in [2.75, 3.05) is 6.54 Å². The summed E-state index contributed by atoms with van der Waals surface area (Å²) in [6.45, 7) is 6.27. The van der Waals surface area contributed by atoms with Gasteiger partial charge in [-0.05, 0) is 39.2 Å². The van der Waals surface area contributed by atoms with Crippen molar-refractivity contribution >= 4 is 5.78 Å². The molecule has 0 N–H and O–H groups in total. The molecule has 0 aliphatic carbocycles. The molecule has 20 heavy (non-hydrogen) atoms. The van der Waals surface area contributed by atoms with Crippen LogP contribution >= 0.6 is 0 Å². The van der Waals surface area contributed by atoms with Crippen LogP contribution in [-0.2, 0) is 11.3 Å². The Balaban J connectivity index is 1.55. The van der Waals surface area contributed by atoms with E-state index < -0.39 is 0 Å². The summed E-state index contributed by atoms with van der Waals surface area (Å²) in [4.78, 5) is 14.3. The van der Waals surface area contributed by atoms with E-state index in [9.17, 15) is 4.79 Å². The van der Waals surface area contributed by atoms with E-state index in [0.717, 1.165) is 38.0 Å². The second-order valence-corrected chi connectivity index (χ2v) is 6.43. The van der Waals surface area contributed by atoms with Gasteiger partial charge < -0.3 is 0 Å². The van der Waals surface area contributed by atoms with E-state index in [1.807, 2.05) is 6.92 Å². The fourth-order valence-electron chi connectivity index (χ4n) is 3.94. The molecule has 3 rings (SSSR count). The third-order valence-corrected chi connectivity index (χ3v) is 4.83. The molecule has 4 nitrogen and oxygen atoms in total. The van der Waals surface area contributed by atoms with Gasteiger partial charge in [0.2, 0.25) is 0 Å². The zero-order valence-electron chi connectivity index (χ0n) is 12.6. The molecule has 2 aliphatic rings. The predicted octanol–water partition coefficient (Wildman–Crippen LogP) is 2.48. The fourth-order valence-corrected chi connectivity index (χ4v) is 3.94. The van der Waals surface area contributed by atoms with Gasteiger partial charge in [-0.2, -0.15) is 5.10 Å². The molecule has 110 valence electrons. The molecule has 4 heteroatoms. The van der Waals surface area contributed by atoms with Crippen molar-refractivity contribution in [2.24, 2.45) is 0 Å². The summed E-state index contributed by atoms with van der Waals surface area (Å²) in [5.74, 6) is 0.481. The first kappa shape index (κ1) is 13.8. The van der Waals surface area contributed by atoms with E-state index in [0.29, 0.717) is 17.9 Å². The second kappa shape index (κ2) is 5.68. The van der Waals surface area contributed by atoms with Crippen LogP contribution in [0.2, 0.25) is 0 Å². The molecule has 3 heterocycles. The van der Waals surface area contributed by atoms with E-state index in [-0.39, 0.29) is 0 Å². The number of hydrogen-bond donors (Lipinski definition) is 0. The molecular weight excluding hydrogens is 250 g/mol. The highest BCUT2D eigenvalue weighted by molar-refractivity contribution is 5.80. The maximum absolute atomic E-state index is 11.7. The first-order valence-electron chi connectivity index (χ1n) is 7.92. The molecule has 0 spiro atoms. The molecule has 2 atom stereocenters. The van der Waals surface area contributed by atoms with Gasteiger partial charge in [0, 0.05) is 43.7 Å². The van der Waals surface area contributed by atoms with Gasteiger partial charge >= 0.3 is 0 Å². The standard InChI is InChI=1S/C16H25N3O/c1-12-9-13(2)19(17-12)8-4-7-18-14-5-3-6-15(18)11-16(20)10-14/h9,14-15H,3-8,10-11H2,1-2H3. The largest absolute Gasteiger partial charge is 0.300 e. The number of hydrogen-bond acceptors (Lipinski definition) is 3. The Morgan fingerprint density at radius 3 is 2.50 bits per heavy atom. The number of Topliss-reactive ketones (excluding diaryl/α,β-unsaturated/α-hetero) is 1. The molecule has 2 aliphatic heterocycles. The van der Waals surface area contributed by atoms with Crippen LogP contribution in [0.25, 0.3) is 0 Å². The number of piperidine rings is 2. The molecule has 2 fully saturated rings. The third kappa shape index (κ3) is 2.80. The van der Waals surface area contributed by atoms with Crippen molar-refractivity contribution in [1.29, 1.82) is 0 Å². The lowest BCUT2D eigenvalue weighted by Crippen LogP contribution is -2.52. The number of aryl methyl sites for hydroxylation is 3. The first-order valence-corrected chi connectivity index (χ1v) is 7.92. The van der Waals surface area contributed by atoms with E-state index in [4.69, 9.17) is 0 Å². The average Bonchev–Trinajstić information content (AvgIpc) is 2.68. The number of rotatable bonds is 4. The second-order valence-electron chi connectivity index (χ2n) is 6.43. The normalized spacial score (nSPS) is 27.0. The molecule has 0 saturated carbocycles. The van der Waals surface area contributed by atoms with Crippen molar-refractivity contribution in [1.82, 2.24) is 14.7 Å². The number of nitrogens with zero attached hydrogens (tertiary/aromatic N) is 3. The highest BCUT2D eigenvalue weighted by Crippen LogP contribution is 2.32. The van der Waals surface area contributed by atoms with Crippen LogP contribution in [0.4, 0.5) is 0 Å². The minimum atomic E-state index is 0.481. The van der Waals surface area contributed by atoms with E-state index >= 15 is 0 Å². The lowest BCUT2D eigenvalue weighted by Gasteiger charge is -2.45. The molecule has 0 radical (unpaired) electrons. The van der Waals surface area contributed by atoms with Gasteiger partial charge in [0.15, 0.2) is 0 Å². The lowest BCUT2D eigenvalue weighted by atomic mass is 9.83. The molecule has 1 aromatic heterocycles. The van der Waals surface area contributed by atoms with Crippen molar-refractivity contribution in [3.8, 4) is 0 Å². The predicted molar refractivity (Wildman–Crippen MR) is 78.7 cm³/mol. The van der Waals surface area contributed by atoms with Crippen molar-refractivity contribution in [2.45, 2.75) is 71.0 Å². The van der Waals surface area contributed by atoms with Crippen LogP contribution in [0.3, 0.4) is 0 Å². The van der Waals surface area contributed by atoms with Gasteiger partial charge in [0.1, 0.15) is 5.78 Å².